The molecule has 1 aromatic heterocycles. The third-order valence-electron chi connectivity index (χ3n) is 3.75. The summed E-state index contributed by atoms with van der Waals surface area (Å²) in [5.74, 6) is 0.864. The molecule has 0 unspecified atom stereocenters. The number of amides is 1. The smallest absolute Gasteiger partial charge is 0.289 e. The van der Waals surface area contributed by atoms with E-state index in [4.69, 9.17) is 21.1 Å². The van der Waals surface area contributed by atoms with Crippen molar-refractivity contribution in [3.8, 4) is 22.8 Å². The predicted octanol–water partition coefficient (Wildman–Crippen LogP) is 3.51. The number of methoxy groups -OCH3 is 2. The van der Waals surface area contributed by atoms with Crippen molar-refractivity contribution >= 4 is 23.7 Å². The van der Waals surface area contributed by atoms with Crippen LogP contribution in [0.2, 0.25) is 5.02 Å². The SMILES string of the molecule is COc1ccc(OC)c(-c2cc(C(=O)NN=Cc3ccc(Cl)cc3)[nH]n2)c1. The van der Waals surface area contributed by atoms with Crippen molar-refractivity contribution in [1.29, 1.82) is 0 Å². The van der Waals surface area contributed by atoms with E-state index in [2.05, 4.69) is 20.7 Å². The number of carbonyl (C=O) groups excluding carboxylic acids is 1. The molecule has 1 heterocycles. The molecule has 0 saturated heterocycles. The van der Waals surface area contributed by atoms with Gasteiger partial charge >= 0.3 is 0 Å². The van der Waals surface area contributed by atoms with Crippen LogP contribution in [-0.4, -0.2) is 36.5 Å². The van der Waals surface area contributed by atoms with Crippen molar-refractivity contribution in [2.45, 2.75) is 0 Å². The molecule has 0 saturated carbocycles. The minimum Gasteiger partial charge on any atom is -0.497 e. The number of ether oxygens (including phenoxy) is 2. The zero-order valence-corrected chi connectivity index (χ0v) is 15.4. The molecule has 138 valence electrons. The number of hydrogen-bond acceptors (Lipinski definition) is 5. The molecule has 0 spiro atoms. The van der Waals surface area contributed by atoms with Gasteiger partial charge in [0.15, 0.2) is 0 Å². The molecule has 3 rings (SSSR count). The number of hydrazone groups is 1. The molecular formula is C19H17ClN4O3. The van der Waals surface area contributed by atoms with E-state index in [0.717, 1.165) is 5.56 Å². The van der Waals surface area contributed by atoms with Gasteiger partial charge in [-0.05, 0) is 42.0 Å². The molecular weight excluding hydrogens is 368 g/mol. The highest BCUT2D eigenvalue weighted by Gasteiger charge is 2.14. The first-order valence-corrected chi connectivity index (χ1v) is 8.35. The van der Waals surface area contributed by atoms with Crippen molar-refractivity contribution in [2.24, 2.45) is 5.10 Å². The first kappa shape index (κ1) is 18.5. The fourth-order valence-electron chi connectivity index (χ4n) is 2.36. The van der Waals surface area contributed by atoms with Crippen LogP contribution in [0.25, 0.3) is 11.3 Å². The molecule has 0 aliphatic rings. The number of aromatic nitrogens is 2. The Labute approximate surface area is 161 Å². The second-order valence-corrected chi connectivity index (χ2v) is 5.92. The Hall–Kier alpha value is -3.32. The van der Waals surface area contributed by atoms with E-state index in [1.54, 1.807) is 62.8 Å². The van der Waals surface area contributed by atoms with E-state index in [9.17, 15) is 4.79 Å². The van der Waals surface area contributed by atoms with Crippen LogP contribution in [0.4, 0.5) is 0 Å². The average molecular weight is 385 g/mol. The maximum absolute atomic E-state index is 12.2. The van der Waals surface area contributed by atoms with E-state index < -0.39 is 5.91 Å². The maximum atomic E-state index is 12.2. The van der Waals surface area contributed by atoms with E-state index in [1.807, 2.05) is 0 Å². The molecule has 0 aliphatic heterocycles. The van der Waals surface area contributed by atoms with Crippen LogP contribution in [0, 0.1) is 0 Å². The molecule has 0 fully saturated rings. The first-order chi connectivity index (χ1) is 13.1. The summed E-state index contributed by atoms with van der Waals surface area (Å²) in [6.45, 7) is 0. The molecule has 0 radical (unpaired) electrons. The summed E-state index contributed by atoms with van der Waals surface area (Å²) >= 11 is 5.83. The van der Waals surface area contributed by atoms with E-state index in [1.165, 1.54) is 6.21 Å². The van der Waals surface area contributed by atoms with Crippen molar-refractivity contribution in [2.75, 3.05) is 14.2 Å². The van der Waals surface area contributed by atoms with Gasteiger partial charge in [-0.2, -0.15) is 10.2 Å². The van der Waals surface area contributed by atoms with Gasteiger partial charge in [-0.1, -0.05) is 23.7 Å². The topological polar surface area (TPSA) is 88.6 Å². The van der Waals surface area contributed by atoms with Gasteiger partial charge in [0, 0.05) is 10.6 Å². The minimum absolute atomic E-state index is 0.267. The molecule has 0 bridgehead atoms. The van der Waals surface area contributed by atoms with E-state index >= 15 is 0 Å². The maximum Gasteiger partial charge on any atom is 0.289 e. The summed E-state index contributed by atoms with van der Waals surface area (Å²) in [4.78, 5) is 12.2. The lowest BCUT2D eigenvalue weighted by molar-refractivity contribution is 0.0950. The number of nitrogens with one attached hydrogen (secondary N) is 2. The molecule has 3 aromatic rings. The number of benzene rings is 2. The van der Waals surface area contributed by atoms with E-state index in [-0.39, 0.29) is 5.69 Å². The van der Waals surface area contributed by atoms with Gasteiger partial charge in [0.05, 0.1) is 26.1 Å². The molecule has 8 heteroatoms. The quantitative estimate of drug-likeness (QED) is 0.502. The van der Waals surface area contributed by atoms with Crippen LogP contribution in [0.15, 0.2) is 53.6 Å². The second kappa shape index (κ2) is 8.37. The fourth-order valence-corrected chi connectivity index (χ4v) is 2.49. The fraction of sp³-hybridized carbons (Fsp3) is 0.105. The number of H-pyrrole nitrogens is 1. The van der Waals surface area contributed by atoms with Crippen molar-refractivity contribution in [3.63, 3.8) is 0 Å². The highest BCUT2D eigenvalue weighted by atomic mass is 35.5. The van der Waals surface area contributed by atoms with Crippen LogP contribution < -0.4 is 14.9 Å². The standard InChI is InChI=1S/C19H17ClN4O3/c1-26-14-7-8-18(27-2)15(9-14)16-10-17(23-22-16)19(25)24-21-11-12-3-5-13(20)6-4-12/h3-11H,1-2H3,(H,22,23)(H,24,25). The van der Waals surface area contributed by atoms with Crippen LogP contribution in [0.1, 0.15) is 16.1 Å². The summed E-state index contributed by atoms with van der Waals surface area (Å²) in [6, 6.07) is 14.0. The number of carbonyl (C=O) groups is 1. The second-order valence-electron chi connectivity index (χ2n) is 5.48. The Morgan fingerprint density at radius 2 is 1.93 bits per heavy atom. The number of hydrogen-bond donors (Lipinski definition) is 2. The van der Waals surface area contributed by atoms with Crippen LogP contribution in [0.3, 0.4) is 0 Å². The average Bonchev–Trinajstić information content (AvgIpc) is 3.19. The molecule has 2 aromatic carbocycles. The van der Waals surface area contributed by atoms with Crippen LogP contribution >= 0.6 is 11.6 Å². The molecule has 27 heavy (non-hydrogen) atoms. The molecule has 0 atom stereocenters. The lowest BCUT2D eigenvalue weighted by atomic mass is 10.1. The Morgan fingerprint density at radius 1 is 1.15 bits per heavy atom. The summed E-state index contributed by atoms with van der Waals surface area (Å²) in [6.07, 6.45) is 1.52. The highest BCUT2D eigenvalue weighted by molar-refractivity contribution is 6.30. The monoisotopic (exact) mass is 384 g/mol. The van der Waals surface area contributed by atoms with Gasteiger partial charge < -0.3 is 9.47 Å². The zero-order chi connectivity index (χ0) is 19.2. The highest BCUT2D eigenvalue weighted by Crippen LogP contribution is 2.32. The lowest BCUT2D eigenvalue weighted by Crippen LogP contribution is -2.17. The van der Waals surface area contributed by atoms with Gasteiger partial charge in [0.1, 0.15) is 17.2 Å². The van der Waals surface area contributed by atoms with Gasteiger partial charge in [-0.25, -0.2) is 5.43 Å². The predicted molar refractivity (Wildman–Crippen MR) is 104 cm³/mol. The first-order valence-electron chi connectivity index (χ1n) is 7.97. The summed E-state index contributed by atoms with van der Waals surface area (Å²) < 4.78 is 10.6. The Morgan fingerprint density at radius 3 is 2.63 bits per heavy atom. The van der Waals surface area contributed by atoms with Crippen molar-refractivity contribution in [3.05, 3.63) is 64.8 Å². The van der Waals surface area contributed by atoms with E-state index in [0.29, 0.717) is 27.8 Å². The van der Waals surface area contributed by atoms with Gasteiger partial charge in [-0.3, -0.25) is 9.89 Å². The van der Waals surface area contributed by atoms with Crippen LogP contribution in [-0.2, 0) is 0 Å². The van der Waals surface area contributed by atoms with Gasteiger partial charge in [-0.15, -0.1) is 0 Å². The number of aromatic amines is 1. The zero-order valence-electron chi connectivity index (χ0n) is 14.7. The Kier molecular flexibility index (Phi) is 5.73. The lowest BCUT2D eigenvalue weighted by Gasteiger charge is -2.08. The number of nitrogens with zero attached hydrogens (tertiary/aromatic N) is 2. The summed E-state index contributed by atoms with van der Waals surface area (Å²) in [5, 5.41) is 11.4. The van der Waals surface area contributed by atoms with Crippen molar-refractivity contribution < 1.29 is 14.3 Å². The molecule has 1 amide bonds. The normalized spacial score (nSPS) is 10.8. The summed E-state index contributed by atoms with van der Waals surface area (Å²) in [5.41, 5.74) is 4.79. The number of halogens is 1. The Bertz CT molecular complexity index is 967. The largest absolute Gasteiger partial charge is 0.497 e. The summed E-state index contributed by atoms with van der Waals surface area (Å²) in [7, 11) is 3.14. The number of rotatable bonds is 6. The van der Waals surface area contributed by atoms with Gasteiger partial charge in [0.2, 0.25) is 0 Å². The van der Waals surface area contributed by atoms with Crippen molar-refractivity contribution in [1.82, 2.24) is 15.6 Å². The molecule has 7 nitrogen and oxygen atoms in total. The third kappa shape index (κ3) is 4.45. The molecule has 0 aliphatic carbocycles. The minimum atomic E-state index is -0.416. The van der Waals surface area contributed by atoms with Crippen LogP contribution in [0.5, 0.6) is 11.5 Å². The third-order valence-corrected chi connectivity index (χ3v) is 4.01. The molecule has 2 N–H and O–H groups in total. The Balaban J connectivity index is 1.73. The van der Waals surface area contributed by atoms with Gasteiger partial charge in [0.25, 0.3) is 5.91 Å².